The number of benzene rings is 1. The van der Waals surface area contributed by atoms with Crippen molar-refractivity contribution in [2.24, 2.45) is 0 Å². The van der Waals surface area contributed by atoms with Crippen molar-refractivity contribution in [3.05, 3.63) is 54.4 Å². The quantitative estimate of drug-likeness (QED) is 0.610. The third-order valence-corrected chi connectivity index (χ3v) is 2.35. The monoisotopic (exact) mass is 242 g/mol. The molecule has 0 saturated carbocycles. The summed E-state index contributed by atoms with van der Waals surface area (Å²) in [4.78, 5) is 13.5. The Kier molecular flexibility index (Phi) is 3.57. The van der Waals surface area contributed by atoms with Crippen molar-refractivity contribution in [2.75, 3.05) is 14.1 Å². The Morgan fingerprint density at radius 2 is 2.00 bits per heavy atom. The van der Waals surface area contributed by atoms with Gasteiger partial charge in [-0.2, -0.15) is 0 Å². The van der Waals surface area contributed by atoms with E-state index in [2.05, 4.69) is 5.16 Å². The summed E-state index contributed by atoms with van der Waals surface area (Å²) in [6.45, 7) is 0. The van der Waals surface area contributed by atoms with Crippen LogP contribution in [0.15, 0.2) is 53.2 Å². The van der Waals surface area contributed by atoms with E-state index < -0.39 is 0 Å². The minimum absolute atomic E-state index is 0.196. The zero-order valence-electron chi connectivity index (χ0n) is 10.3. The molecule has 0 unspecified atom stereocenters. The van der Waals surface area contributed by atoms with Crippen LogP contribution in [0.4, 0.5) is 0 Å². The van der Waals surface area contributed by atoms with E-state index in [9.17, 15) is 4.79 Å². The van der Waals surface area contributed by atoms with Gasteiger partial charge >= 0.3 is 0 Å². The molecule has 1 aromatic carbocycles. The fraction of sp³-hybridized carbons (Fsp3) is 0.143. The molecule has 92 valence electrons. The molecule has 0 aliphatic heterocycles. The molecule has 0 aliphatic carbocycles. The highest BCUT2D eigenvalue weighted by atomic mass is 16.5. The van der Waals surface area contributed by atoms with Crippen molar-refractivity contribution in [1.29, 1.82) is 0 Å². The number of ketones is 1. The number of hydrogen-bond acceptors (Lipinski definition) is 4. The maximum atomic E-state index is 11.7. The fourth-order valence-electron chi connectivity index (χ4n) is 1.44. The third kappa shape index (κ3) is 2.85. The maximum absolute atomic E-state index is 11.7. The number of carbonyl (C=O) groups excluding carboxylic acids is 1. The Balaban J connectivity index is 2.19. The summed E-state index contributed by atoms with van der Waals surface area (Å²) in [5.41, 5.74) is 1.59. The van der Waals surface area contributed by atoms with Crippen molar-refractivity contribution < 1.29 is 9.32 Å². The molecular weight excluding hydrogens is 228 g/mol. The topological polar surface area (TPSA) is 46.3 Å². The van der Waals surface area contributed by atoms with Gasteiger partial charge in [0.2, 0.25) is 11.5 Å². The highest BCUT2D eigenvalue weighted by Crippen LogP contribution is 2.18. The van der Waals surface area contributed by atoms with Crippen LogP contribution in [0, 0.1) is 0 Å². The summed E-state index contributed by atoms with van der Waals surface area (Å²) in [5.74, 6) is 0.0466. The Morgan fingerprint density at radius 1 is 1.28 bits per heavy atom. The largest absolute Gasteiger partial charge is 0.383 e. The van der Waals surface area contributed by atoms with Crippen LogP contribution in [0.3, 0.4) is 0 Å². The number of carbonyl (C=O) groups is 1. The van der Waals surface area contributed by atoms with Gasteiger partial charge in [0.25, 0.3) is 0 Å². The normalized spacial score (nSPS) is 10.8. The molecular formula is C14H14N2O2. The van der Waals surface area contributed by atoms with Crippen LogP contribution in [0.1, 0.15) is 10.6 Å². The van der Waals surface area contributed by atoms with Gasteiger partial charge in [0.1, 0.15) is 5.69 Å². The molecule has 2 rings (SSSR count). The van der Waals surface area contributed by atoms with Gasteiger partial charge in [0.15, 0.2) is 0 Å². The highest BCUT2D eigenvalue weighted by Gasteiger charge is 2.11. The number of allylic oxidation sites excluding steroid dienone is 1. The second-order valence-corrected chi connectivity index (χ2v) is 4.09. The molecule has 4 heteroatoms. The van der Waals surface area contributed by atoms with Crippen LogP contribution >= 0.6 is 0 Å². The lowest BCUT2D eigenvalue weighted by atomic mass is 10.1. The molecule has 18 heavy (non-hydrogen) atoms. The lowest BCUT2D eigenvalue weighted by Gasteiger charge is -2.01. The average Bonchev–Trinajstić information content (AvgIpc) is 2.86. The van der Waals surface area contributed by atoms with Crippen LogP contribution in [-0.4, -0.2) is 29.9 Å². The molecule has 4 nitrogen and oxygen atoms in total. The molecule has 0 spiro atoms. The van der Waals surface area contributed by atoms with E-state index >= 15 is 0 Å². The highest BCUT2D eigenvalue weighted by molar-refractivity contribution is 6.02. The molecule has 1 aromatic heterocycles. The minimum atomic E-state index is -0.196. The zero-order chi connectivity index (χ0) is 13.0. The SMILES string of the molecule is CN(C)/C=C/C(=O)c1cc(-c2ccccc2)no1. The standard InChI is InChI=1S/C14H14N2O2/c1-16(2)9-8-13(17)14-10-12(15-18-14)11-6-4-3-5-7-11/h3-10H,1-2H3/b9-8+. The van der Waals surface area contributed by atoms with Crippen molar-refractivity contribution in [1.82, 2.24) is 10.1 Å². The van der Waals surface area contributed by atoms with Crippen LogP contribution in [0.2, 0.25) is 0 Å². The summed E-state index contributed by atoms with van der Waals surface area (Å²) in [6, 6.07) is 11.2. The second-order valence-electron chi connectivity index (χ2n) is 4.09. The van der Waals surface area contributed by atoms with Crippen LogP contribution < -0.4 is 0 Å². The summed E-state index contributed by atoms with van der Waals surface area (Å²) < 4.78 is 5.04. The molecule has 0 amide bonds. The average molecular weight is 242 g/mol. The number of rotatable bonds is 4. The molecule has 0 atom stereocenters. The predicted octanol–water partition coefficient (Wildman–Crippen LogP) is 2.60. The minimum Gasteiger partial charge on any atom is -0.383 e. The van der Waals surface area contributed by atoms with Gasteiger partial charge < -0.3 is 9.42 Å². The third-order valence-electron chi connectivity index (χ3n) is 2.35. The van der Waals surface area contributed by atoms with Gasteiger partial charge in [-0.25, -0.2) is 0 Å². The van der Waals surface area contributed by atoms with Crippen molar-refractivity contribution in [3.8, 4) is 11.3 Å². The maximum Gasteiger partial charge on any atom is 0.225 e. The van der Waals surface area contributed by atoms with Gasteiger partial charge in [0.05, 0.1) is 0 Å². The Labute approximate surface area is 106 Å². The molecule has 0 aliphatic rings. The van der Waals surface area contributed by atoms with Gasteiger partial charge in [-0.1, -0.05) is 35.5 Å². The van der Waals surface area contributed by atoms with Crippen LogP contribution in [0.25, 0.3) is 11.3 Å². The summed E-state index contributed by atoms with van der Waals surface area (Å²) in [7, 11) is 3.69. The molecule has 0 radical (unpaired) electrons. The molecule has 0 N–H and O–H groups in total. The lowest BCUT2D eigenvalue weighted by molar-refractivity contribution is 0.101. The van der Waals surface area contributed by atoms with E-state index in [1.54, 1.807) is 17.2 Å². The molecule has 1 heterocycles. The van der Waals surface area contributed by atoms with Gasteiger partial charge in [-0.05, 0) is 0 Å². The predicted molar refractivity (Wildman–Crippen MR) is 69.1 cm³/mol. The Bertz CT molecular complexity index is 556. The first-order valence-corrected chi connectivity index (χ1v) is 5.58. The Hall–Kier alpha value is -2.36. The Morgan fingerprint density at radius 3 is 2.67 bits per heavy atom. The van der Waals surface area contributed by atoms with E-state index in [0.29, 0.717) is 5.69 Å². The molecule has 2 aromatic rings. The molecule has 0 fully saturated rings. The lowest BCUT2D eigenvalue weighted by Crippen LogP contribution is -2.02. The molecule has 0 bridgehead atoms. The van der Waals surface area contributed by atoms with Crippen LogP contribution in [0.5, 0.6) is 0 Å². The van der Waals surface area contributed by atoms with E-state index in [1.807, 2.05) is 44.4 Å². The van der Waals surface area contributed by atoms with Crippen molar-refractivity contribution in [2.45, 2.75) is 0 Å². The van der Waals surface area contributed by atoms with E-state index in [-0.39, 0.29) is 11.5 Å². The van der Waals surface area contributed by atoms with Gasteiger partial charge in [-0.3, -0.25) is 4.79 Å². The number of nitrogens with zero attached hydrogens (tertiary/aromatic N) is 2. The van der Waals surface area contributed by atoms with E-state index in [0.717, 1.165) is 5.56 Å². The molecule has 0 saturated heterocycles. The zero-order valence-corrected chi connectivity index (χ0v) is 10.3. The van der Waals surface area contributed by atoms with Crippen molar-refractivity contribution in [3.63, 3.8) is 0 Å². The van der Waals surface area contributed by atoms with Crippen LogP contribution in [-0.2, 0) is 0 Å². The summed E-state index contributed by atoms with van der Waals surface area (Å²) in [5, 5.41) is 3.89. The second kappa shape index (κ2) is 5.31. The number of hydrogen-bond donors (Lipinski definition) is 0. The van der Waals surface area contributed by atoms with E-state index in [1.165, 1.54) is 6.08 Å². The summed E-state index contributed by atoms with van der Waals surface area (Å²) in [6.07, 6.45) is 3.13. The van der Waals surface area contributed by atoms with E-state index in [4.69, 9.17) is 4.52 Å². The van der Waals surface area contributed by atoms with Crippen molar-refractivity contribution >= 4 is 5.78 Å². The first-order chi connectivity index (χ1) is 8.66. The number of aromatic nitrogens is 1. The fourth-order valence-corrected chi connectivity index (χ4v) is 1.44. The van der Waals surface area contributed by atoms with Gasteiger partial charge in [-0.15, -0.1) is 0 Å². The first-order valence-electron chi connectivity index (χ1n) is 5.58. The van der Waals surface area contributed by atoms with Gasteiger partial charge in [0, 0.05) is 38.0 Å². The smallest absolute Gasteiger partial charge is 0.225 e. The summed E-state index contributed by atoms with van der Waals surface area (Å²) >= 11 is 0. The first kappa shape index (κ1) is 12.1.